The van der Waals surface area contributed by atoms with Gasteiger partial charge in [0.15, 0.2) is 0 Å². The lowest BCUT2D eigenvalue weighted by Gasteiger charge is -2.42. The molecule has 0 bridgehead atoms. The van der Waals surface area contributed by atoms with Crippen molar-refractivity contribution in [3.63, 3.8) is 0 Å². The van der Waals surface area contributed by atoms with E-state index in [9.17, 15) is 0 Å². The van der Waals surface area contributed by atoms with E-state index in [1.807, 2.05) is 0 Å². The fraction of sp³-hybridized carbons (Fsp3) is 1.00. The number of halogens is 1. The van der Waals surface area contributed by atoms with Gasteiger partial charge in [-0.05, 0) is 24.3 Å². The number of hydrogen-bond donors (Lipinski definition) is 1. The molecule has 0 aromatic rings. The molecule has 1 unspecified atom stereocenters. The van der Waals surface area contributed by atoms with Crippen LogP contribution in [0.25, 0.3) is 0 Å². The fourth-order valence-corrected chi connectivity index (χ4v) is 2.19. The number of nitrogens with zero attached hydrogens (tertiary/aromatic N) is 1. The van der Waals surface area contributed by atoms with Crippen molar-refractivity contribution in [2.75, 3.05) is 32.8 Å². The van der Waals surface area contributed by atoms with Crippen LogP contribution >= 0.6 is 12.4 Å². The first kappa shape index (κ1) is 17.2. The zero-order valence-electron chi connectivity index (χ0n) is 11.7. The minimum absolute atomic E-state index is 0. The van der Waals surface area contributed by atoms with Crippen molar-refractivity contribution in [2.24, 2.45) is 17.1 Å². The molecule has 1 aliphatic rings. The molecule has 1 atom stereocenters. The van der Waals surface area contributed by atoms with E-state index in [1.54, 1.807) is 0 Å². The lowest BCUT2D eigenvalue weighted by atomic mass is 9.80. The van der Waals surface area contributed by atoms with Crippen molar-refractivity contribution in [2.45, 2.75) is 40.2 Å². The summed E-state index contributed by atoms with van der Waals surface area (Å²) < 4.78 is 5.62. The first-order valence-electron chi connectivity index (χ1n) is 6.47. The number of hydrogen-bond acceptors (Lipinski definition) is 3. The third-order valence-corrected chi connectivity index (χ3v) is 3.39. The van der Waals surface area contributed by atoms with Crippen LogP contribution in [0.4, 0.5) is 0 Å². The minimum Gasteiger partial charge on any atom is -0.380 e. The first-order valence-corrected chi connectivity index (χ1v) is 6.47. The highest BCUT2D eigenvalue weighted by molar-refractivity contribution is 5.85. The highest BCUT2D eigenvalue weighted by Gasteiger charge is 2.32. The summed E-state index contributed by atoms with van der Waals surface area (Å²) in [6.07, 6.45) is 1.11. The predicted molar refractivity (Wildman–Crippen MR) is 75.7 cm³/mol. The molecule has 1 rings (SSSR count). The number of piperidine rings is 1. The van der Waals surface area contributed by atoms with E-state index in [-0.39, 0.29) is 17.8 Å². The van der Waals surface area contributed by atoms with Crippen LogP contribution in [-0.2, 0) is 4.74 Å². The summed E-state index contributed by atoms with van der Waals surface area (Å²) in [4.78, 5) is 2.48. The highest BCUT2D eigenvalue weighted by Crippen LogP contribution is 2.27. The topological polar surface area (TPSA) is 38.5 Å². The summed E-state index contributed by atoms with van der Waals surface area (Å²) >= 11 is 0. The molecule has 0 saturated carbocycles. The lowest BCUT2D eigenvalue weighted by Crippen LogP contribution is -2.52. The van der Waals surface area contributed by atoms with Gasteiger partial charge in [-0.2, -0.15) is 0 Å². The molecule has 1 saturated heterocycles. The van der Waals surface area contributed by atoms with Gasteiger partial charge < -0.3 is 15.4 Å². The van der Waals surface area contributed by atoms with E-state index >= 15 is 0 Å². The molecule has 0 aliphatic carbocycles. The van der Waals surface area contributed by atoms with Gasteiger partial charge in [0.1, 0.15) is 0 Å². The second kappa shape index (κ2) is 7.57. The molecule has 3 nitrogen and oxygen atoms in total. The van der Waals surface area contributed by atoms with Crippen molar-refractivity contribution in [1.29, 1.82) is 0 Å². The Hall–Kier alpha value is 0.170. The van der Waals surface area contributed by atoms with E-state index in [0.717, 1.165) is 39.3 Å². The summed E-state index contributed by atoms with van der Waals surface area (Å²) in [5.74, 6) is 0.631. The summed E-state index contributed by atoms with van der Waals surface area (Å²) in [6, 6.07) is 0.348. The molecule has 4 heteroatoms. The molecule has 1 fully saturated rings. The maximum atomic E-state index is 6.11. The average molecular weight is 265 g/mol. The van der Waals surface area contributed by atoms with E-state index in [1.165, 1.54) is 0 Å². The number of rotatable bonds is 5. The van der Waals surface area contributed by atoms with Crippen molar-refractivity contribution in [1.82, 2.24) is 4.90 Å². The predicted octanol–water partition coefficient (Wildman–Crippen LogP) is 2.14. The summed E-state index contributed by atoms with van der Waals surface area (Å²) in [6.45, 7) is 13.9. The molecule has 0 aromatic heterocycles. The quantitative estimate of drug-likeness (QED) is 0.774. The fourth-order valence-electron chi connectivity index (χ4n) is 2.19. The SMILES string of the molecule is CC(C)COCCN1CCC(N)C(C)(C)C1.Cl. The third kappa shape index (κ3) is 6.05. The van der Waals surface area contributed by atoms with E-state index in [2.05, 4.69) is 32.6 Å². The Labute approximate surface area is 112 Å². The molecule has 0 radical (unpaired) electrons. The lowest BCUT2D eigenvalue weighted by molar-refractivity contribution is 0.0471. The Morgan fingerprint density at radius 3 is 2.59 bits per heavy atom. The van der Waals surface area contributed by atoms with Crippen molar-refractivity contribution in [3.05, 3.63) is 0 Å². The van der Waals surface area contributed by atoms with Crippen LogP contribution in [0.3, 0.4) is 0 Å². The van der Waals surface area contributed by atoms with Gasteiger partial charge in [-0.3, -0.25) is 0 Å². The zero-order valence-corrected chi connectivity index (χ0v) is 12.6. The third-order valence-electron chi connectivity index (χ3n) is 3.39. The normalized spacial score (nSPS) is 24.7. The molecule has 1 heterocycles. The molecule has 0 amide bonds. The number of likely N-dealkylation sites (tertiary alicyclic amines) is 1. The van der Waals surface area contributed by atoms with Gasteiger partial charge in [0.05, 0.1) is 6.61 Å². The molecule has 0 spiro atoms. The van der Waals surface area contributed by atoms with Crippen LogP contribution in [0.5, 0.6) is 0 Å². The number of nitrogens with two attached hydrogens (primary N) is 1. The van der Waals surface area contributed by atoms with Crippen LogP contribution in [0.2, 0.25) is 0 Å². The Balaban J connectivity index is 0.00000256. The maximum absolute atomic E-state index is 6.11. The minimum atomic E-state index is 0. The first-order chi connectivity index (χ1) is 7.42. The van der Waals surface area contributed by atoms with E-state index in [4.69, 9.17) is 10.5 Å². The monoisotopic (exact) mass is 264 g/mol. The smallest absolute Gasteiger partial charge is 0.0593 e. The molecule has 104 valence electrons. The van der Waals surface area contributed by atoms with E-state index < -0.39 is 0 Å². The second-order valence-corrected chi connectivity index (χ2v) is 6.13. The largest absolute Gasteiger partial charge is 0.380 e. The second-order valence-electron chi connectivity index (χ2n) is 6.13. The van der Waals surface area contributed by atoms with Crippen LogP contribution in [0, 0.1) is 11.3 Å². The molecule has 0 aromatic carbocycles. The maximum Gasteiger partial charge on any atom is 0.0593 e. The number of ether oxygens (including phenoxy) is 1. The van der Waals surface area contributed by atoms with Gasteiger partial charge in [0.2, 0.25) is 0 Å². The van der Waals surface area contributed by atoms with Crippen molar-refractivity contribution < 1.29 is 4.74 Å². The summed E-state index contributed by atoms with van der Waals surface area (Å²) in [5.41, 5.74) is 6.36. The van der Waals surface area contributed by atoms with E-state index in [0.29, 0.717) is 12.0 Å². The highest BCUT2D eigenvalue weighted by atomic mass is 35.5. The molecule has 1 aliphatic heterocycles. The van der Waals surface area contributed by atoms with Crippen LogP contribution < -0.4 is 5.73 Å². The average Bonchev–Trinajstić information content (AvgIpc) is 2.17. The van der Waals surface area contributed by atoms with Gasteiger partial charge in [0, 0.05) is 25.7 Å². The Morgan fingerprint density at radius 2 is 2.06 bits per heavy atom. The van der Waals surface area contributed by atoms with Crippen molar-refractivity contribution in [3.8, 4) is 0 Å². The summed E-state index contributed by atoms with van der Waals surface area (Å²) in [5, 5.41) is 0. The molecule has 17 heavy (non-hydrogen) atoms. The van der Waals surface area contributed by atoms with Gasteiger partial charge in [-0.25, -0.2) is 0 Å². The Kier molecular flexibility index (Phi) is 7.65. The summed E-state index contributed by atoms with van der Waals surface area (Å²) in [7, 11) is 0. The molecule has 2 N–H and O–H groups in total. The van der Waals surface area contributed by atoms with Crippen LogP contribution in [0.15, 0.2) is 0 Å². The van der Waals surface area contributed by atoms with Crippen LogP contribution in [-0.4, -0.2) is 43.8 Å². The zero-order chi connectivity index (χ0) is 12.2. The Bertz CT molecular complexity index is 210. The van der Waals surface area contributed by atoms with Gasteiger partial charge in [0.25, 0.3) is 0 Å². The van der Waals surface area contributed by atoms with Gasteiger partial charge >= 0.3 is 0 Å². The molecular formula is C13H29ClN2O. The van der Waals surface area contributed by atoms with Crippen molar-refractivity contribution >= 4 is 12.4 Å². The van der Waals surface area contributed by atoms with Crippen LogP contribution in [0.1, 0.15) is 34.1 Å². The van der Waals surface area contributed by atoms with Gasteiger partial charge in [-0.15, -0.1) is 12.4 Å². The Morgan fingerprint density at radius 1 is 1.41 bits per heavy atom. The standard InChI is InChI=1S/C13H28N2O.ClH/c1-11(2)9-16-8-7-15-6-5-12(14)13(3,4)10-15;/h11-12H,5-10,14H2,1-4H3;1H. The molecular weight excluding hydrogens is 236 g/mol. The van der Waals surface area contributed by atoms with Gasteiger partial charge in [-0.1, -0.05) is 27.7 Å².